The molecule has 0 saturated heterocycles. The van der Waals surface area contributed by atoms with Crippen LogP contribution in [0.3, 0.4) is 0 Å². The predicted octanol–water partition coefficient (Wildman–Crippen LogP) is 2.60. The lowest BCUT2D eigenvalue weighted by molar-refractivity contribution is -0.134. The predicted molar refractivity (Wildman–Crippen MR) is 56.5 cm³/mol. The average Bonchev–Trinajstić information content (AvgIpc) is 2.23. The fourth-order valence-electron chi connectivity index (χ4n) is 0.453. The smallest absolute Gasteiger partial charge is 0.330 e. The number of carbonyl (C=O) groups excluding carboxylic acids is 1. The molecule has 0 rings (SSSR count). The van der Waals surface area contributed by atoms with Crippen LogP contribution in [0.4, 0.5) is 0 Å². The standard InChI is InChI=1S/C6H10O2.C5H7N/c1-3-4-5-6(7)8-2;1-2-3-4-5-6/h4-5H,3H2,1-2H3;3-4H,2H2,1H3/b5-4+;4-3+. The van der Waals surface area contributed by atoms with E-state index in [0.29, 0.717) is 0 Å². The Morgan fingerprint density at radius 2 is 1.93 bits per heavy atom. The fraction of sp³-hybridized carbons (Fsp3) is 0.455. The van der Waals surface area contributed by atoms with Gasteiger partial charge in [0, 0.05) is 12.2 Å². The van der Waals surface area contributed by atoms with Crippen molar-refractivity contribution in [3.63, 3.8) is 0 Å². The van der Waals surface area contributed by atoms with Crippen LogP contribution in [0, 0.1) is 11.3 Å². The SMILES string of the molecule is CC/C=C/C#N.CC/C=C/C(=O)OC. The summed E-state index contributed by atoms with van der Waals surface area (Å²) in [5, 5.41) is 7.86. The van der Waals surface area contributed by atoms with Crippen molar-refractivity contribution in [1.82, 2.24) is 0 Å². The van der Waals surface area contributed by atoms with Crippen molar-refractivity contribution >= 4 is 5.97 Å². The van der Waals surface area contributed by atoms with Gasteiger partial charge in [-0.05, 0) is 12.8 Å². The first kappa shape index (κ1) is 14.9. The highest BCUT2D eigenvalue weighted by molar-refractivity contribution is 5.81. The summed E-state index contributed by atoms with van der Waals surface area (Å²) in [6.45, 7) is 3.95. The van der Waals surface area contributed by atoms with Crippen LogP contribution in [0.5, 0.6) is 0 Å². The van der Waals surface area contributed by atoms with Crippen LogP contribution in [-0.2, 0) is 9.53 Å². The highest BCUT2D eigenvalue weighted by Gasteiger charge is 1.85. The maximum atomic E-state index is 10.3. The third kappa shape index (κ3) is 16.8. The molecule has 0 aromatic rings. The van der Waals surface area contributed by atoms with Gasteiger partial charge in [0.05, 0.1) is 13.2 Å². The third-order valence-electron chi connectivity index (χ3n) is 1.12. The summed E-state index contributed by atoms with van der Waals surface area (Å²) in [6.07, 6.45) is 8.30. The molecule has 0 heterocycles. The molecule has 0 radical (unpaired) electrons. The molecule has 0 aliphatic heterocycles. The quantitative estimate of drug-likeness (QED) is 0.395. The lowest BCUT2D eigenvalue weighted by atomic mass is 10.4. The van der Waals surface area contributed by atoms with Crippen LogP contribution in [0.1, 0.15) is 26.7 Å². The second-order valence-corrected chi connectivity index (χ2v) is 2.27. The normalized spacial score (nSPS) is 9.29. The highest BCUT2D eigenvalue weighted by Crippen LogP contribution is 1.80. The minimum Gasteiger partial charge on any atom is -0.466 e. The van der Waals surface area contributed by atoms with Gasteiger partial charge in [-0.2, -0.15) is 5.26 Å². The van der Waals surface area contributed by atoms with Gasteiger partial charge < -0.3 is 4.74 Å². The molecule has 0 unspecified atom stereocenters. The molecule has 0 saturated carbocycles. The fourth-order valence-corrected chi connectivity index (χ4v) is 0.453. The molecule has 3 nitrogen and oxygen atoms in total. The van der Waals surface area contributed by atoms with Crippen molar-refractivity contribution in [2.75, 3.05) is 7.11 Å². The maximum Gasteiger partial charge on any atom is 0.330 e. The number of methoxy groups -OCH3 is 1. The molecule has 78 valence electrons. The van der Waals surface area contributed by atoms with Crippen LogP contribution in [0.15, 0.2) is 24.3 Å². The largest absolute Gasteiger partial charge is 0.466 e. The number of esters is 1. The van der Waals surface area contributed by atoms with E-state index in [0.717, 1.165) is 12.8 Å². The molecule has 3 heteroatoms. The Kier molecular flexibility index (Phi) is 14.9. The Morgan fingerprint density at radius 1 is 1.36 bits per heavy atom. The van der Waals surface area contributed by atoms with Gasteiger partial charge in [-0.3, -0.25) is 0 Å². The zero-order chi connectivity index (χ0) is 11.2. The first-order chi connectivity index (χ1) is 6.72. The Bertz CT molecular complexity index is 224. The molecule has 0 atom stereocenters. The number of allylic oxidation sites excluding steroid dienone is 3. The lowest BCUT2D eigenvalue weighted by Crippen LogP contribution is -1.92. The molecule has 0 aromatic carbocycles. The Morgan fingerprint density at radius 3 is 2.21 bits per heavy atom. The van der Waals surface area contributed by atoms with Gasteiger partial charge in [-0.15, -0.1) is 0 Å². The van der Waals surface area contributed by atoms with E-state index in [2.05, 4.69) is 4.74 Å². The first-order valence-corrected chi connectivity index (χ1v) is 4.51. The van der Waals surface area contributed by atoms with Crippen molar-refractivity contribution in [1.29, 1.82) is 5.26 Å². The Balaban J connectivity index is 0. The van der Waals surface area contributed by atoms with E-state index >= 15 is 0 Å². The first-order valence-electron chi connectivity index (χ1n) is 4.51. The molecule has 0 amide bonds. The van der Waals surface area contributed by atoms with E-state index in [-0.39, 0.29) is 5.97 Å². The van der Waals surface area contributed by atoms with Gasteiger partial charge in [-0.1, -0.05) is 26.0 Å². The van der Waals surface area contributed by atoms with E-state index in [1.54, 1.807) is 6.08 Å². The second kappa shape index (κ2) is 14.0. The van der Waals surface area contributed by atoms with Crippen LogP contribution in [-0.4, -0.2) is 13.1 Å². The van der Waals surface area contributed by atoms with Crippen LogP contribution in [0.2, 0.25) is 0 Å². The highest BCUT2D eigenvalue weighted by atomic mass is 16.5. The summed E-state index contributed by atoms with van der Waals surface area (Å²) in [7, 11) is 1.36. The number of rotatable bonds is 3. The zero-order valence-corrected chi connectivity index (χ0v) is 8.99. The number of nitriles is 1. The van der Waals surface area contributed by atoms with E-state index in [1.165, 1.54) is 19.3 Å². The summed E-state index contributed by atoms with van der Waals surface area (Å²) >= 11 is 0. The van der Waals surface area contributed by atoms with Gasteiger partial charge in [0.25, 0.3) is 0 Å². The van der Waals surface area contributed by atoms with Crippen LogP contribution in [0.25, 0.3) is 0 Å². The maximum absolute atomic E-state index is 10.3. The van der Waals surface area contributed by atoms with Crippen molar-refractivity contribution in [2.24, 2.45) is 0 Å². The van der Waals surface area contributed by atoms with Crippen LogP contribution >= 0.6 is 0 Å². The van der Waals surface area contributed by atoms with Gasteiger partial charge in [0.2, 0.25) is 0 Å². The molecular formula is C11H17NO2. The van der Waals surface area contributed by atoms with Gasteiger partial charge >= 0.3 is 5.97 Å². The van der Waals surface area contributed by atoms with Crippen molar-refractivity contribution in [3.05, 3.63) is 24.3 Å². The molecule has 0 aromatic heterocycles. The van der Waals surface area contributed by atoms with Crippen molar-refractivity contribution in [3.8, 4) is 6.07 Å². The minimum absolute atomic E-state index is 0.285. The zero-order valence-electron chi connectivity index (χ0n) is 8.99. The summed E-state index contributed by atoms with van der Waals surface area (Å²) in [5.74, 6) is -0.285. The second-order valence-electron chi connectivity index (χ2n) is 2.27. The third-order valence-corrected chi connectivity index (χ3v) is 1.12. The topological polar surface area (TPSA) is 50.1 Å². The molecular weight excluding hydrogens is 178 g/mol. The molecule has 0 N–H and O–H groups in total. The van der Waals surface area contributed by atoms with E-state index in [1.807, 2.05) is 26.0 Å². The number of hydrogen-bond donors (Lipinski definition) is 0. The monoisotopic (exact) mass is 195 g/mol. The molecule has 0 bridgehead atoms. The van der Waals surface area contributed by atoms with E-state index in [4.69, 9.17) is 5.26 Å². The van der Waals surface area contributed by atoms with Crippen molar-refractivity contribution < 1.29 is 9.53 Å². The van der Waals surface area contributed by atoms with E-state index < -0.39 is 0 Å². The molecule has 0 fully saturated rings. The molecule has 14 heavy (non-hydrogen) atoms. The van der Waals surface area contributed by atoms with Crippen molar-refractivity contribution in [2.45, 2.75) is 26.7 Å². The van der Waals surface area contributed by atoms with Crippen LogP contribution < -0.4 is 0 Å². The van der Waals surface area contributed by atoms with Gasteiger partial charge in [-0.25, -0.2) is 4.79 Å². The Labute approximate surface area is 85.7 Å². The Hall–Kier alpha value is -1.56. The average molecular weight is 195 g/mol. The summed E-state index contributed by atoms with van der Waals surface area (Å²) in [6, 6.07) is 1.89. The van der Waals surface area contributed by atoms with Gasteiger partial charge in [0.15, 0.2) is 0 Å². The minimum atomic E-state index is -0.285. The lowest BCUT2D eigenvalue weighted by Gasteiger charge is -1.86. The number of ether oxygens (including phenoxy) is 1. The van der Waals surface area contributed by atoms with E-state index in [9.17, 15) is 4.79 Å². The molecule has 0 aliphatic carbocycles. The summed E-state index contributed by atoms with van der Waals surface area (Å²) in [4.78, 5) is 10.3. The summed E-state index contributed by atoms with van der Waals surface area (Å²) in [5.41, 5.74) is 0. The molecule has 0 aliphatic rings. The number of carbonyl (C=O) groups is 1. The number of hydrogen-bond acceptors (Lipinski definition) is 3. The summed E-state index contributed by atoms with van der Waals surface area (Å²) < 4.78 is 4.33. The number of nitrogens with zero attached hydrogens (tertiary/aromatic N) is 1. The van der Waals surface area contributed by atoms with Gasteiger partial charge in [0.1, 0.15) is 0 Å². The molecule has 0 spiro atoms.